The molecule has 0 spiro atoms. The van der Waals surface area contributed by atoms with E-state index in [1.165, 1.54) is 6.08 Å². The minimum absolute atomic E-state index is 0.0219. The molecule has 5 nitrogen and oxygen atoms in total. The molecular weight excluding hydrogens is 206 g/mol. The highest BCUT2D eigenvalue weighted by atomic mass is 16.5. The highest BCUT2D eigenvalue weighted by Gasteiger charge is 2.26. The molecule has 1 unspecified atom stereocenters. The Kier molecular flexibility index (Phi) is 3.14. The summed E-state index contributed by atoms with van der Waals surface area (Å²) in [6.07, 6.45) is 5.36. The molecule has 0 N–H and O–H groups in total. The first kappa shape index (κ1) is 10.6. The highest BCUT2D eigenvalue weighted by molar-refractivity contribution is 5.87. The average molecular weight is 219 g/mol. The maximum absolute atomic E-state index is 11.3. The minimum atomic E-state index is -0.0555. The van der Waals surface area contributed by atoms with Crippen LogP contribution in [0.1, 0.15) is 6.42 Å². The number of aromatic nitrogens is 2. The lowest BCUT2D eigenvalue weighted by Crippen LogP contribution is -2.29. The van der Waals surface area contributed by atoms with E-state index in [1.807, 2.05) is 0 Å². The molecule has 1 atom stereocenters. The predicted molar refractivity (Wildman–Crippen MR) is 57.8 cm³/mol. The Bertz CT molecular complexity index is 380. The Labute approximate surface area is 93.8 Å². The van der Waals surface area contributed by atoms with Crippen LogP contribution in [0, 0.1) is 0 Å². The molecule has 0 aromatic carbocycles. The smallest absolute Gasteiger partial charge is 0.316 e. The number of likely N-dealkylation sites (tertiary alicyclic amines) is 1. The van der Waals surface area contributed by atoms with E-state index < -0.39 is 0 Å². The van der Waals surface area contributed by atoms with Gasteiger partial charge in [-0.05, 0) is 12.1 Å². The molecule has 0 saturated carbocycles. The van der Waals surface area contributed by atoms with Crippen molar-refractivity contribution in [2.45, 2.75) is 12.5 Å². The third-order valence-electron chi connectivity index (χ3n) is 2.45. The third kappa shape index (κ3) is 2.36. The van der Waals surface area contributed by atoms with Crippen molar-refractivity contribution >= 4 is 5.91 Å². The van der Waals surface area contributed by atoms with E-state index in [-0.39, 0.29) is 12.0 Å². The monoisotopic (exact) mass is 219 g/mol. The van der Waals surface area contributed by atoms with Crippen molar-refractivity contribution in [3.05, 3.63) is 31.1 Å². The van der Waals surface area contributed by atoms with Gasteiger partial charge in [0.05, 0.1) is 6.54 Å². The van der Waals surface area contributed by atoms with Crippen LogP contribution in [-0.2, 0) is 4.79 Å². The fourth-order valence-corrected chi connectivity index (χ4v) is 1.65. The second kappa shape index (κ2) is 4.74. The van der Waals surface area contributed by atoms with Gasteiger partial charge < -0.3 is 9.64 Å². The normalized spacial score (nSPS) is 19.5. The predicted octanol–water partition coefficient (Wildman–Crippen LogP) is 0.642. The first-order valence-electron chi connectivity index (χ1n) is 5.14. The molecule has 84 valence electrons. The standard InChI is InChI=1S/C11H13N3O2/c1-2-10(15)14-7-4-9(8-14)16-11-12-5-3-6-13-11/h2-3,5-6,9H,1,4,7-8H2. The number of hydrogen-bond donors (Lipinski definition) is 0. The first-order valence-corrected chi connectivity index (χ1v) is 5.14. The maximum atomic E-state index is 11.3. The van der Waals surface area contributed by atoms with E-state index in [2.05, 4.69) is 16.5 Å². The molecule has 1 aromatic heterocycles. The molecule has 2 rings (SSSR count). The molecule has 5 heteroatoms. The number of carbonyl (C=O) groups is 1. The van der Waals surface area contributed by atoms with Crippen LogP contribution >= 0.6 is 0 Å². The van der Waals surface area contributed by atoms with Crippen molar-refractivity contribution in [1.29, 1.82) is 0 Å². The van der Waals surface area contributed by atoms with Crippen molar-refractivity contribution < 1.29 is 9.53 Å². The topological polar surface area (TPSA) is 55.3 Å². The van der Waals surface area contributed by atoms with E-state index in [4.69, 9.17) is 4.74 Å². The Morgan fingerprint density at radius 3 is 3.00 bits per heavy atom. The minimum Gasteiger partial charge on any atom is -0.458 e. The molecule has 1 aliphatic heterocycles. The van der Waals surface area contributed by atoms with Crippen LogP contribution < -0.4 is 4.74 Å². The largest absolute Gasteiger partial charge is 0.458 e. The average Bonchev–Trinajstić information content (AvgIpc) is 2.78. The van der Waals surface area contributed by atoms with E-state index in [0.29, 0.717) is 19.1 Å². The van der Waals surface area contributed by atoms with Crippen LogP contribution in [0.15, 0.2) is 31.1 Å². The molecule has 1 fully saturated rings. The molecule has 0 bridgehead atoms. The van der Waals surface area contributed by atoms with Crippen molar-refractivity contribution in [3.63, 3.8) is 0 Å². The fourth-order valence-electron chi connectivity index (χ4n) is 1.65. The van der Waals surface area contributed by atoms with Crippen LogP contribution in [0.25, 0.3) is 0 Å². The van der Waals surface area contributed by atoms with Crippen LogP contribution in [0.2, 0.25) is 0 Å². The molecule has 0 aliphatic carbocycles. The van der Waals surface area contributed by atoms with Gasteiger partial charge in [-0.1, -0.05) is 6.58 Å². The lowest BCUT2D eigenvalue weighted by atomic mass is 10.3. The number of hydrogen-bond acceptors (Lipinski definition) is 4. The molecule has 2 heterocycles. The van der Waals surface area contributed by atoms with Gasteiger partial charge in [-0.15, -0.1) is 0 Å². The van der Waals surface area contributed by atoms with Gasteiger partial charge in [0.2, 0.25) is 5.91 Å². The second-order valence-electron chi connectivity index (χ2n) is 3.55. The van der Waals surface area contributed by atoms with Gasteiger partial charge in [0, 0.05) is 25.4 Å². The molecule has 1 saturated heterocycles. The second-order valence-corrected chi connectivity index (χ2v) is 3.55. The van der Waals surface area contributed by atoms with Gasteiger partial charge in [-0.25, -0.2) is 9.97 Å². The Balaban J connectivity index is 1.90. The van der Waals surface area contributed by atoms with Gasteiger partial charge in [0.15, 0.2) is 0 Å². The number of carbonyl (C=O) groups excluding carboxylic acids is 1. The van der Waals surface area contributed by atoms with Crippen molar-refractivity contribution in [2.24, 2.45) is 0 Å². The molecule has 1 aliphatic rings. The van der Waals surface area contributed by atoms with E-state index in [1.54, 1.807) is 23.4 Å². The summed E-state index contributed by atoms with van der Waals surface area (Å²) in [5.74, 6) is -0.0555. The van der Waals surface area contributed by atoms with E-state index >= 15 is 0 Å². The fraction of sp³-hybridized carbons (Fsp3) is 0.364. The molecule has 0 radical (unpaired) electrons. The van der Waals surface area contributed by atoms with Gasteiger partial charge >= 0.3 is 6.01 Å². The summed E-state index contributed by atoms with van der Waals surface area (Å²) >= 11 is 0. The van der Waals surface area contributed by atoms with Crippen LogP contribution in [0.5, 0.6) is 6.01 Å². The van der Waals surface area contributed by atoms with Crippen LogP contribution in [0.3, 0.4) is 0 Å². The lowest BCUT2D eigenvalue weighted by Gasteiger charge is -2.14. The van der Waals surface area contributed by atoms with Gasteiger partial charge in [0.1, 0.15) is 6.10 Å². The number of rotatable bonds is 3. The lowest BCUT2D eigenvalue weighted by molar-refractivity contribution is -0.125. The van der Waals surface area contributed by atoms with Gasteiger partial charge in [-0.2, -0.15) is 0 Å². The van der Waals surface area contributed by atoms with E-state index in [9.17, 15) is 4.79 Å². The number of amides is 1. The van der Waals surface area contributed by atoms with Gasteiger partial charge in [0.25, 0.3) is 0 Å². The highest BCUT2D eigenvalue weighted by Crippen LogP contribution is 2.14. The zero-order chi connectivity index (χ0) is 11.4. The maximum Gasteiger partial charge on any atom is 0.316 e. The SMILES string of the molecule is C=CC(=O)N1CCC(Oc2ncccn2)C1. The summed E-state index contributed by atoms with van der Waals surface area (Å²) in [6, 6.07) is 2.09. The van der Waals surface area contributed by atoms with Gasteiger partial charge in [-0.3, -0.25) is 4.79 Å². The van der Waals surface area contributed by atoms with E-state index in [0.717, 1.165) is 6.42 Å². The molecular formula is C11H13N3O2. The summed E-state index contributed by atoms with van der Waals surface area (Å²) in [4.78, 5) is 21.0. The Hall–Kier alpha value is -1.91. The van der Waals surface area contributed by atoms with Crippen LogP contribution in [-0.4, -0.2) is 40.0 Å². The van der Waals surface area contributed by atoms with Crippen molar-refractivity contribution in [1.82, 2.24) is 14.9 Å². The zero-order valence-electron chi connectivity index (χ0n) is 8.87. The molecule has 16 heavy (non-hydrogen) atoms. The molecule has 1 amide bonds. The zero-order valence-corrected chi connectivity index (χ0v) is 8.87. The van der Waals surface area contributed by atoms with Crippen molar-refractivity contribution in [2.75, 3.05) is 13.1 Å². The first-order chi connectivity index (χ1) is 7.79. The van der Waals surface area contributed by atoms with Crippen molar-refractivity contribution in [3.8, 4) is 6.01 Å². The third-order valence-corrected chi connectivity index (χ3v) is 2.45. The quantitative estimate of drug-likeness (QED) is 0.700. The Morgan fingerprint density at radius 2 is 2.31 bits per heavy atom. The number of nitrogens with zero attached hydrogens (tertiary/aromatic N) is 3. The van der Waals surface area contributed by atoms with Crippen LogP contribution in [0.4, 0.5) is 0 Å². The summed E-state index contributed by atoms with van der Waals surface area (Å²) < 4.78 is 5.55. The summed E-state index contributed by atoms with van der Waals surface area (Å²) in [6.45, 7) is 4.73. The number of ether oxygens (including phenoxy) is 1. The summed E-state index contributed by atoms with van der Waals surface area (Å²) in [5.41, 5.74) is 0. The Morgan fingerprint density at radius 1 is 1.56 bits per heavy atom. The summed E-state index contributed by atoms with van der Waals surface area (Å²) in [7, 11) is 0. The molecule has 1 aromatic rings. The summed E-state index contributed by atoms with van der Waals surface area (Å²) in [5, 5.41) is 0.